The van der Waals surface area contributed by atoms with Gasteiger partial charge in [0, 0.05) is 11.5 Å². The summed E-state index contributed by atoms with van der Waals surface area (Å²) in [6, 6.07) is 2.08. The Morgan fingerprint density at radius 1 is 1.13 bits per heavy atom. The topological polar surface area (TPSA) is 32.9 Å². The molecule has 0 unspecified atom stereocenters. The Bertz CT molecular complexity index is 609. The van der Waals surface area contributed by atoms with Crippen LogP contribution in [0.3, 0.4) is 0 Å². The van der Waals surface area contributed by atoms with Gasteiger partial charge in [0.05, 0.1) is 14.5 Å². The Morgan fingerprint density at radius 2 is 1.80 bits per heavy atom. The minimum atomic E-state index is -0.796. The van der Waals surface area contributed by atoms with Gasteiger partial charge in [0.15, 0.2) is 0 Å². The standard InChI is InChI=1S/C9H3Br2F2NO/c10-4-1-3-7(11)5(12)2-6(13)8(3)14-9(4)15/h1-2H,(H,14,15). The molecular formula is C9H3Br2F2NO. The van der Waals surface area contributed by atoms with Gasteiger partial charge in [-0.15, -0.1) is 0 Å². The molecule has 0 aliphatic carbocycles. The van der Waals surface area contributed by atoms with Gasteiger partial charge in [0.2, 0.25) is 0 Å². The van der Waals surface area contributed by atoms with Crippen molar-refractivity contribution in [2.45, 2.75) is 0 Å². The van der Waals surface area contributed by atoms with Gasteiger partial charge in [-0.1, -0.05) is 0 Å². The Morgan fingerprint density at radius 3 is 2.47 bits per heavy atom. The molecule has 0 radical (unpaired) electrons. The van der Waals surface area contributed by atoms with Crippen molar-refractivity contribution in [3.8, 4) is 0 Å². The first kappa shape index (κ1) is 10.8. The van der Waals surface area contributed by atoms with E-state index in [1.54, 1.807) is 0 Å². The first-order valence-corrected chi connectivity index (χ1v) is 5.45. The fourth-order valence-corrected chi connectivity index (χ4v) is 2.00. The highest BCUT2D eigenvalue weighted by molar-refractivity contribution is 9.11. The van der Waals surface area contributed by atoms with Gasteiger partial charge in [0.1, 0.15) is 11.6 Å². The molecule has 1 N–H and O–H groups in total. The van der Waals surface area contributed by atoms with Crippen molar-refractivity contribution in [1.29, 1.82) is 0 Å². The number of halogens is 4. The Balaban J connectivity index is 3.04. The highest BCUT2D eigenvalue weighted by Gasteiger charge is 2.12. The fraction of sp³-hybridized carbons (Fsp3) is 0. The van der Waals surface area contributed by atoms with Crippen LogP contribution in [0.1, 0.15) is 0 Å². The van der Waals surface area contributed by atoms with Gasteiger partial charge < -0.3 is 4.98 Å². The summed E-state index contributed by atoms with van der Waals surface area (Å²) in [4.78, 5) is 13.5. The molecule has 1 heterocycles. The number of aromatic amines is 1. The molecule has 0 saturated carbocycles. The van der Waals surface area contributed by atoms with E-state index in [9.17, 15) is 13.6 Å². The molecule has 1 aromatic heterocycles. The first-order chi connectivity index (χ1) is 7.00. The zero-order valence-corrected chi connectivity index (χ0v) is 10.2. The summed E-state index contributed by atoms with van der Waals surface area (Å²) < 4.78 is 26.8. The van der Waals surface area contributed by atoms with E-state index in [1.165, 1.54) is 6.07 Å². The van der Waals surface area contributed by atoms with Crippen LogP contribution >= 0.6 is 31.9 Å². The lowest BCUT2D eigenvalue weighted by molar-refractivity contribution is 0.586. The summed E-state index contributed by atoms with van der Waals surface area (Å²) in [6.45, 7) is 0. The number of H-pyrrole nitrogens is 1. The van der Waals surface area contributed by atoms with Crippen LogP contribution in [0.5, 0.6) is 0 Å². The molecular weight excluding hydrogens is 336 g/mol. The quantitative estimate of drug-likeness (QED) is 0.734. The lowest BCUT2D eigenvalue weighted by Gasteiger charge is -2.03. The second-order valence-electron chi connectivity index (χ2n) is 2.89. The Labute approximate surface area is 99.6 Å². The van der Waals surface area contributed by atoms with E-state index in [1.807, 2.05) is 0 Å². The first-order valence-electron chi connectivity index (χ1n) is 3.86. The van der Waals surface area contributed by atoms with E-state index in [2.05, 4.69) is 36.8 Å². The largest absolute Gasteiger partial charge is 0.318 e. The third kappa shape index (κ3) is 1.72. The highest BCUT2D eigenvalue weighted by atomic mass is 79.9. The van der Waals surface area contributed by atoms with E-state index in [0.717, 1.165) is 6.07 Å². The molecule has 0 saturated heterocycles. The van der Waals surface area contributed by atoms with Crippen molar-refractivity contribution < 1.29 is 8.78 Å². The van der Waals surface area contributed by atoms with Crippen LogP contribution in [0.25, 0.3) is 10.9 Å². The van der Waals surface area contributed by atoms with Crippen LogP contribution in [0.15, 0.2) is 25.9 Å². The van der Waals surface area contributed by atoms with Crippen molar-refractivity contribution in [3.05, 3.63) is 43.1 Å². The van der Waals surface area contributed by atoms with Crippen LogP contribution in [0, 0.1) is 11.6 Å². The second kappa shape index (κ2) is 3.68. The summed E-state index contributed by atoms with van der Waals surface area (Å²) in [7, 11) is 0. The van der Waals surface area contributed by atoms with E-state index in [4.69, 9.17) is 0 Å². The maximum Gasteiger partial charge on any atom is 0.262 e. The lowest BCUT2D eigenvalue weighted by atomic mass is 10.2. The molecule has 0 aliphatic heterocycles. The molecule has 0 atom stereocenters. The van der Waals surface area contributed by atoms with Gasteiger partial charge in [-0.2, -0.15) is 0 Å². The molecule has 0 amide bonds. The summed E-state index contributed by atoms with van der Waals surface area (Å²) in [5.74, 6) is -1.51. The summed E-state index contributed by atoms with van der Waals surface area (Å²) in [6.07, 6.45) is 0. The van der Waals surface area contributed by atoms with Crippen molar-refractivity contribution in [2.24, 2.45) is 0 Å². The van der Waals surface area contributed by atoms with Gasteiger partial charge in [-0.3, -0.25) is 4.79 Å². The second-order valence-corrected chi connectivity index (χ2v) is 4.54. The maximum atomic E-state index is 13.3. The third-order valence-corrected chi connectivity index (χ3v) is 3.33. The number of rotatable bonds is 0. The average molecular weight is 339 g/mol. The van der Waals surface area contributed by atoms with Crippen LogP contribution < -0.4 is 5.56 Å². The molecule has 78 valence electrons. The van der Waals surface area contributed by atoms with Gasteiger partial charge >= 0.3 is 0 Å². The normalized spacial score (nSPS) is 10.9. The minimum Gasteiger partial charge on any atom is -0.318 e. The molecule has 1 aromatic carbocycles. The van der Waals surface area contributed by atoms with Crippen LogP contribution in [-0.2, 0) is 0 Å². The zero-order chi connectivity index (χ0) is 11.2. The molecule has 0 aliphatic rings. The Kier molecular flexibility index (Phi) is 2.64. The molecule has 0 spiro atoms. The van der Waals surface area contributed by atoms with Crippen LogP contribution in [-0.4, -0.2) is 4.98 Å². The summed E-state index contributed by atoms with van der Waals surface area (Å²) in [5.41, 5.74) is -0.476. The van der Waals surface area contributed by atoms with Gasteiger partial charge in [-0.05, 0) is 37.9 Å². The number of hydrogen-bond donors (Lipinski definition) is 1. The van der Waals surface area contributed by atoms with Gasteiger partial charge in [0.25, 0.3) is 5.56 Å². The summed E-state index contributed by atoms with van der Waals surface area (Å²) >= 11 is 5.98. The van der Waals surface area contributed by atoms with E-state index in [0.29, 0.717) is 0 Å². The number of aromatic nitrogens is 1. The number of pyridine rings is 1. The summed E-state index contributed by atoms with van der Waals surface area (Å²) in [5, 5.41) is 0.277. The van der Waals surface area contributed by atoms with Gasteiger partial charge in [-0.25, -0.2) is 8.78 Å². The smallest absolute Gasteiger partial charge is 0.262 e. The van der Waals surface area contributed by atoms with Crippen molar-refractivity contribution in [1.82, 2.24) is 4.98 Å². The molecule has 2 aromatic rings. The minimum absolute atomic E-state index is 0.0172. The van der Waals surface area contributed by atoms with Crippen LogP contribution in [0.4, 0.5) is 8.78 Å². The molecule has 0 fully saturated rings. The molecule has 2 rings (SSSR count). The fourth-order valence-electron chi connectivity index (χ4n) is 1.24. The average Bonchev–Trinajstić information content (AvgIpc) is 2.18. The molecule has 15 heavy (non-hydrogen) atoms. The number of hydrogen-bond acceptors (Lipinski definition) is 1. The SMILES string of the molecule is O=c1[nH]c2c(F)cc(F)c(Br)c2cc1Br. The highest BCUT2D eigenvalue weighted by Crippen LogP contribution is 2.28. The third-order valence-electron chi connectivity index (χ3n) is 1.93. The number of nitrogens with one attached hydrogen (secondary N) is 1. The molecule has 0 bridgehead atoms. The molecule has 6 heteroatoms. The predicted molar refractivity (Wildman–Crippen MR) is 59.9 cm³/mol. The zero-order valence-electron chi connectivity index (χ0n) is 7.07. The Hall–Kier alpha value is -0.750. The van der Waals surface area contributed by atoms with Crippen LogP contribution in [0.2, 0.25) is 0 Å². The maximum absolute atomic E-state index is 13.3. The van der Waals surface area contributed by atoms with Crippen molar-refractivity contribution in [2.75, 3.05) is 0 Å². The molecule has 2 nitrogen and oxygen atoms in total. The predicted octanol–water partition coefficient (Wildman–Crippen LogP) is 3.33. The number of fused-ring (bicyclic) bond motifs is 1. The lowest BCUT2D eigenvalue weighted by Crippen LogP contribution is -2.07. The van der Waals surface area contributed by atoms with Crippen molar-refractivity contribution >= 4 is 42.8 Å². The van der Waals surface area contributed by atoms with E-state index < -0.39 is 17.2 Å². The van der Waals surface area contributed by atoms with E-state index in [-0.39, 0.29) is 19.8 Å². The monoisotopic (exact) mass is 337 g/mol. The van der Waals surface area contributed by atoms with E-state index >= 15 is 0 Å². The van der Waals surface area contributed by atoms with Crippen molar-refractivity contribution in [3.63, 3.8) is 0 Å². The number of benzene rings is 1.